The Labute approximate surface area is 165 Å². The average Bonchev–Trinajstić information content (AvgIpc) is 3.11. The van der Waals surface area contributed by atoms with Crippen LogP contribution < -0.4 is 5.32 Å². The van der Waals surface area contributed by atoms with Crippen LogP contribution in [0.2, 0.25) is 5.02 Å². The number of carbonyl (C=O) groups is 1. The summed E-state index contributed by atoms with van der Waals surface area (Å²) in [6.45, 7) is -0.467. The summed E-state index contributed by atoms with van der Waals surface area (Å²) in [4.78, 5) is 23.3. The lowest BCUT2D eigenvalue weighted by Crippen LogP contribution is -2.21. The van der Waals surface area contributed by atoms with Gasteiger partial charge in [-0.25, -0.2) is 0 Å². The van der Waals surface area contributed by atoms with Gasteiger partial charge in [0.05, 0.1) is 10.5 Å². The number of carbonyl (C=O) groups excluding carboxylic acids is 1. The number of hydrogen-bond donors (Lipinski definition) is 1. The normalized spacial score (nSPS) is 11.3. The highest BCUT2D eigenvalue weighted by molar-refractivity contribution is 6.31. The smallest absolute Gasteiger partial charge is 0.319 e. The third kappa shape index (κ3) is 4.85. The summed E-state index contributed by atoms with van der Waals surface area (Å²) in [7, 11) is 0. The summed E-state index contributed by atoms with van der Waals surface area (Å²) >= 11 is 5.71. The number of rotatable bonds is 5. The van der Waals surface area contributed by atoms with E-state index in [0.717, 1.165) is 23.0 Å². The second kappa shape index (κ2) is 7.83. The molecular formula is C16H10ClF3N6O3. The maximum Gasteiger partial charge on any atom is 0.416 e. The summed E-state index contributed by atoms with van der Waals surface area (Å²) < 4.78 is 38.4. The van der Waals surface area contributed by atoms with E-state index in [4.69, 9.17) is 11.6 Å². The maximum atomic E-state index is 12.8. The molecule has 1 amide bonds. The first kappa shape index (κ1) is 20.2. The van der Waals surface area contributed by atoms with Crippen molar-refractivity contribution in [1.29, 1.82) is 0 Å². The van der Waals surface area contributed by atoms with Crippen molar-refractivity contribution in [1.82, 2.24) is 20.2 Å². The zero-order valence-electron chi connectivity index (χ0n) is 14.2. The molecule has 2 aromatic carbocycles. The van der Waals surface area contributed by atoms with Crippen LogP contribution in [-0.4, -0.2) is 31.0 Å². The summed E-state index contributed by atoms with van der Waals surface area (Å²) in [6.07, 6.45) is -4.53. The first-order chi connectivity index (χ1) is 13.6. The van der Waals surface area contributed by atoms with Gasteiger partial charge in [0.25, 0.3) is 5.69 Å². The quantitative estimate of drug-likeness (QED) is 0.492. The van der Waals surface area contributed by atoms with Crippen LogP contribution in [0.25, 0.3) is 11.4 Å². The predicted molar refractivity (Wildman–Crippen MR) is 95.0 cm³/mol. The number of anilines is 1. The van der Waals surface area contributed by atoms with E-state index in [2.05, 4.69) is 20.7 Å². The number of benzene rings is 2. The largest absolute Gasteiger partial charge is 0.416 e. The summed E-state index contributed by atoms with van der Waals surface area (Å²) in [6, 6.07) is 8.04. The average molecular weight is 427 g/mol. The van der Waals surface area contributed by atoms with Crippen molar-refractivity contribution in [2.75, 3.05) is 5.32 Å². The Morgan fingerprint density at radius 3 is 2.69 bits per heavy atom. The minimum atomic E-state index is -4.53. The molecule has 0 saturated carbocycles. The van der Waals surface area contributed by atoms with Crippen molar-refractivity contribution in [3.05, 3.63) is 63.2 Å². The number of nitro groups is 1. The minimum Gasteiger partial charge on any atom is -0.319 e. The highest BCUT2D eigenvalue weighted by atomic mass is 35.5. The molecule has 9 nitrogen and oxygen atoms in total. The molecule has 1 heterocycles. The number of halogens is 4. The highest BCUT2D eigenvalue weighted by Crippen LogP contribution is 2.31. The predicted octanol–water partition coefficient (Wildman–Crippen LogP) is 3.56. The van der Waals surface area contributed by atoms with Crippen molar-refractivity contribution in [3.8, 4) is 11.4 Å². The second-order valence-electron chi connectivity index (χ2n) is 5.69. The van der Waals surface area contributed by atoms with Crippen molar-refractivity contribution in [3.63, 3.8) is 0 Å². The molecule has 1 N–H and O–H groups in total. The standard InChI is InChI=1S/C16H10ClF3N6O3/c17-11-4-5-12(13(7-11)26(28)29)21-14(27)8-25-23-15(22-24-25)9-2-1-3-10(6-9)16(18,19)20/h1-7H,8H2,(H,21,27). The third-order valence-corrected chi connectivity index (χ3v) is 3.85. The SMILES string of the molecule is O=C(Cn1nnc(-c2cccc(C(F)(F)F)c2)n1)Nc1ccc(Cl)cc1[N+](=O)[O-]. The van der Waals surface area contributed by atoms with Crippen LogP contribution >= 0.6 is 11.6 Å². The lowest BCUT2D eigenvalue weighted by atomic mass is 10.1. The molecule has 0 aliphatic rings. The van der Waals surface area contributed by atoms with E-state index in [9.17, 15) is 28.1 Å². The number of aromatic nitrogens is 4. The Morgan fingerprint density at radius 1 is 1.24 bits per heavy atom. The van der Waals surface area contributed by atoms with Crippen LogP contribution in [0.1, 0.15) is 5.56 Å². The van der Waals surface area contributed by atoms with Gasteiger partial charge in [0.2, 0.25) is 11.7 Å². The molecule has 0 aliphatic carbocycles. The third-order valence-electron chi connectivity index (χ3n) is 3.62. The number of hydrogen-bond acceptors (Lipinski definition) is 6. The second-order valence-corrected chi connectivity index (χ2v) is 6.13. The van der Waals surface area contributed by atoms with Crippen molar-refractivity contribution in [2.45, 2.75) is 12.7 Å². The molecule has 29 heavy (non-hydrogen) atoms. The fraction of sp³-hybridized carbons (Fsp3) is 0.125. The zero-order valence-corrected chi connectivity index (χ0v) is 15.0. The Kier molecular flexibility index (Phi) is 5.46. The summed E-state index contributed by atoms with van der Waals surface area (Å²) in [5.41, 5.74) is -1.29. The van der Waals surface area contributed by atoms with Crippen LogP contribution in [0, 0.1) is 10.1 Å². The van der Waals surface area contributed by atoms with E-state index in [-0.39, 0.29) is 22.1 Å². The maximum absolute atomic E-state index is 12.8. The molecule has 0 saturated heterocycles. The lowest BCUT2D eigenvalue weighted by Gasteiger charge is -2.06. The Bertz CT molecular complexity index is 1090. The van der Waals surface area contributed by atoms with Gasteiger partial charge in [-0.05, 0) is 29.5 Å². The molecule has 150 valence electrons. The molecule has 0 unspecified atom stereocenters. The first-order valence-corrected chi connectivity index (χ1v) is 8.20. The van der Waals surface area contributed by atoms with E-state index in [1.807, 2.05) is 0 Å². The van der Waals surface area contributed by atoms with Gasteiger partial charge in [0, 0.05) is 16.7 Å². The molecule has 0 radical (unpaired) electrons. The van der Waals surface area contributed by atoms with Gasteiger partial charge in [0.15, 0.2) is 0 Å². The van der Waals surface area contributed by atoms with Gasteiger partial charge >= 0.3 is 6.18 Å². The summed E-state index contributed by atoms with van der Waals surface area (Å²) in [5.74, 6) is -0.815. The van der Waals surface area contributed by atoms with Crippen LogP contribution in [0.4, 0.5) is 24.5 Å². The molecule has 0 bridgehead atoms. The van der Waals surface area contributed by atoms with Crippen molar-refractivity contribution < 1.29 is 22.9 Å². The molecule has 0 fully saturated rings. The van der Waals surface area contributed by atoms with E-state index in [1.54, 1.807) is 0 Å². The number of nitrogens with one attached hydrogen (secondary N) is 1. The van der Waals surface area contributed by atoms with Gasteiger partial charge in [-0.1, -0.05) is 23.7 Å². The van der Waals surface area contributed by atoms with E-state index in [0.29, 0.717) is 0 Å². The number of tetrazole rings is 1. The van der Waals surface area contributed by atoms with Gasteiger partial charge in [-0.2, -0.15) is 18.0 Å². The Morgan fingerprint density at radius 2 is 2.00 bits per heavy atom. The van der Waals surface area contributed by atoms with Crippen LogP contribution in [0.5, 0.6) is 0 Å². The van der Waals surface area contributed by atoms with Crippen LogP contribution in [0.3, 0.4) is 0 Å². The number of nitro benzene ring substituents is 1. The Balaban J connectivity index is 1.74. The highest BCUT2D eigenvalue weighted by Gasteiger charge is 2.30. The van der Waals surface area contributed by atoms with Crippen LogP contribution in [0.15, 0.2) is 42.5 Å². The molecule has 13 heteroatoms. The van der Waals surface area contributed by atoms with E-state index in [1.165, 1.54) is 24.3 Å². The lowest BCUT2D eigenvalue weighted by molar-refractivity contribution is -0.383. The molecular weight excluding hydrogens is 417 g/mol. The van der Waals surface area contributed by atoms with Gasteiger partial charge in [-0.3, -0.25) is 14.9 Å². The molecule has 0 aliphatic heterocycles. The fourth-order valence-corrected chi connectivity index (χ4v) is 2.51. The van der Waals surface area contributed by atoms with Gasteiger partial charge < -0.3 is 5.32 Å². The fourth-order valence-electron chi connectivity index (χ4n) is 2.34. The minimum absolute atomic E-state index is 0.0693. The van der Waals surface area contributed by atoms with E-state index >= 15 is 0 Å². The van der Waals surface area contributed by atoms with Gasteiger partial charge in [0.1, 0.15) is 12.2 Å². The van der Waals surface area contributed by atoms with Gasteiger partial charge in [-0.15, -0.1) is 10.2 Å². The van der Waals surface area contributed by atoms with E-state index < -0.39 is 34.8 Å². The van der Waals surface area contributed by atoms with Crippen molar-refractivity contribution >= 4 is 28.9 Å². The molecule has 0 spiro atoms. The Hall–Kier alpha value is -3.54. The number of nitrogens with zero attached hydrogens (tertiary/aromatic N) is 5. The summed E-state index contributed by atoms with van der Waals surface area (Å²) in [5, 5.41) is 24.6. The topological polar surface area (TPSA) is 116 Å². The van der Waals surface area contributed by atoms with Crippen molar-refractivity contribution in [2.24, 2.45) is 0 Å². The molecule has 3 rings (SSSR count). The molecule has 0 atom stereocenters. The monoisotopic (exact) mass is 426 g/mol. The molecule has 1 aromatic heterocycles. The van der Waals surface area contributed by atoms with Crippen LogP contribution in [-0.2, 0) is 17.5 Å². The number of amides is 1. The first-order valence-electron chi connectivity index (χ1n) is 7.83. The zero-order chi connectivity index (χ0) is 21.2. The molecule has 3 aromatic rings. The number of alkyl halides is 3.